The van der Waals surface area contributed by atoms with Gasteiger partial charge in [0.05, 0.1) is 25.9 Å². The lowest BCUT2D eigenvalue weighted by atomic mass is 9.99. The Bertz CT molecular complexity index is 776. The molecule has 7 nitrogen and oxygen atoms in total. The standard InChI is InChI=1S/C22H30N4O3/c1-2-28-20-7-4-3-6-18(20)15-26-12-13-27-17-22(16-26)9-8-19(29-22)14-25-21-23-10-5-11-24-21/h3-7,10-11,19H,2,8-9,12-17H2,1H3,(H,23,24,25)/t19-,22+/m1/s1. The maximum atomic E-state index is 6.52. The molecule has 2 atom stereocenters. The molecule has 0 unspecified atom stereocenters. The van der Waals surface area contributed by atoms with E-state index in [1.165, 1.54) is 5.56 Å². The summed E-state index contributed by atoms with van der Waals surface area (Å²) in [5.74, 6) is 1.61. The molecule has 2 aliphatic heterocycles. The van der Waals surface area contributed by atoms with E-state index in [0.29, 0.717) is 25.7 Å². The van der Waals surface area contributed by atoms with Crippen molar-refractivity contribution in [3.63, 3.8) is 0 Å². The van der Waals surface area contributed by atoms with Crippen LogP contribution in [0.1, 0.15) is 25.3 Å². The van der Waals surface area contributed by atoms with Crippen molar-refractivity contribution in [1.82, 2.24) is 14.9 Å². The Balaban J connectivity index is 1.37. The van der Waals surface area contributed by atoms with Gasteiger partial charge in [-0.2, -0.15) is 0 Å². The van der Waals surface area contributed by atoms with Gasteiger partial charge in [0.15, 0.2) is 0 Å². The van der Waals surface area contributed by atoms with Gasteiger partial charge in [-0.1, -0.05) is 18.2 Å². The zero-order valence-electron chi connectivity index (χ0n) is 17.0. The van der Waals surface area contributed by atoms with Crippen LogP contribution in [-0.4, -0.2) is 66.0 Å². The van der Waals surface area contributed by atoms with Crippen LogP contribution in [0, 0.1) is 0 Å². The van der Waals surface area contributed by atoms with Gasteiger partial charge in [0.25, 0.3) is 0 Å². The number of aromatic nitrogens is 2. The Morgan fingerprint density at radius 2 is 2.10 bits per heavy atom. The molecular weight excluding hydrogens is 368 g/mol. The van der Waals surface area contributed by atoms with Crippen molar-refractivity contribution in [2.24, 2.45) is 0 Å². The van der Waals surface area contributed by atoms with Crippen LogP contribution < -0.4 is 10.1 Å². The van der Waals surface area contributed by atoms with Gasteiger partial charge in [0.1, 0.15) is 11.4 Å². The number of rotatable bonds is 7. The quantitative estimate of drug-likeness (QED) is 0.769. The molecule has 156 valence electrons. The molecule has 0 aliphatic carbocycles. The first-order valence-electron chi connectivity index (χ1n) is 10.5. The third-order valence-corrected chi connectivity index (χ3v) is 5.49. The van der Waals surface area contributed by atoms with Crippen LogP contribution in [0.25, 0.3) is 0 Å². The first-order valence-corrected chi connectivity index (χ1v) is 10.5. The first-order chi connectivity index (χ1) is 14.3. The SMILES string of the molecule is CCOc1ccccc1CN1CCOC[C@]2(CC[C@H](CNc3ncccn3)O2)C1. The number of para-hydroxylation sites is 1. The Labute approximate surface area is 172 Å². The average Bonchev–Trinajstić information content (AvgIpc) is 3.03. The number of benzene rings is 1. The molecule has 1 aromatic carbocycles. The minimum atomic E-state index is -0.249. The second kappa shape index (κ2) is 9.52. The molecule has 2 aromatic rings. The highest BCUT2D eigenvalue weighted by atomic mass is 16.6. The number of hydrogen-bond acceptors (Lipinski definition) is 7. The summed E-state index contributed by atoms with van der Waals surface area (Å²) >= 11 is 0. The number of nitrogens with one attached hydrogen (secondary N) is 1. The predicted octanol–water partition coefficient (Wildman–Crippen LogP) is 2.74. The van der Waals surface area contributed by atoms with Crippen LogP contribution in [0.5, 0.6) is 5.75 Å². The molecule has 1 spiro atoms. The van der Waals surface area contributed by atoms with Crippen LogP contribution in [0.15, 0.2) is 42.7 Å². The van der Waals surface area contributed by atoms with E-state index in [1.54, 1.807) is 12.4 Å². The summed E-state index contributed by atoms with van der Waals surface area (Å²) in [6.45, 7) is 7.37. The highest BCUT2D eigenvalue weighted by Gasteiger charge is 2.43. The molecule has 2 saturated heterocycles. The molecule has 3 heterocycles. The fraction of sp³-hybridized carbons (Fsp3) is 0.545. The summed E-state index contributed by atoms with van der Waals surface area (Å²) in [6.07, 6.45) is 5.62. The number of nitrogens with zero attached hydrogens (tertiary/aromatic N) is 3. The zero-order chi connectivity index (χ0) is 19.9. The van der Waals surface area contributed by atoms with Crippen LogP contribution in [0.4, 0.5) is 5.95 Å². The van der Waals surface area contributed by atoms with Crippen molar-refractivity contribution in [2.45, 2.75) is 38.0 Å². The molecule has 1 N–H and O–H groups in total. The minimum Gasteiger partial charge on any atom is -0.494 e. The van der Waals surface area contributed by atoms with E-state index >= 15 is 0 Å². The topological polar surface area (TPSA) is 68.7 Å². The number of hydrogen-bond donors (Lipinski definition) is 1. The highest BCUT2D eigenvalue weighted by molar-refractivity contribution is 5.33. The fourth-order valence-corrected chi connectivity index (χ4v) is 4.15. The Morgan fingerprint density at radius 1 is 1.24 bits per heavy atom. The van der Waals surface area contributed by atoms with E-state index in [1.807, 2.05) is 25.1 Å². The van der Waals surface area contributed by atoms with Crippen molar-refractivity contribution in [2.75, 3.05) is 44.8 Å². The monoisotopic (exact) mass is 398 g/mol. The normalized spacial score (nSPS) is 25.1. The van der Waals surface area contributed by atoms with E-state index < -0.39 is 0 Å². The third-order valence-electron chi connectivity index (χ3n) is 5.49. The summed E-state index contributed by atoms with van der Waals surface area (Å²) in [5, 5.41) is 3.28. The summed E-state index contributed by atoms with van der Waals surface area (Å²) in [4.78, 5) is 10.9. The van der Waals surface area contributed by atoms with E-state index in [-0.39, 0.29) is 11.7 Å². The minimum absolute atomic E-state index is 0.137. The highest BCUT2D eigenvalue weighted by Crippen LogP contribution is 2.34. The third kappa shape index (κ3) is 5.23. The van der Waals surface area contributed by atoms with Gasteiger partial charge >= 0.3 is 0 Å². The van der Waals surface area contributed by atoms with Crippen LogP contribution in [-0.2, 0) is 16.0 Å². The van der Waals surface area contributed by atoms with Crippen LogP contribution in [0.3, 0.4) is 0 Å². The predicted molar refractivity (Wildman–Crippen MR) is 111 cm³/mol. The van der Waals surface area contributed by atoms with Gasteiger partial charge in [0, 0.05) is 44.1 Å². The summed E-state index contributed by atoms with van der Waals surface area (Å²) in [7, 11) is 0. The maximum absolute atomic E-state index is 6.52. The summed E-state index contributed by atoms with van der Waals surface area (Å²) in [5.41, 5.74) is 0.963. The lowest BCUT2D eigenvalue weighted by Gasteiger charge is -2.32. The lowest BCUT2D eigenvalue weighted by Crippen LogP contribution is -2.44. The first kappa shape index (κ1) is 20.1. The van der Waals surface area contributed by atoms with Gasteiger partial charge in [0.2, 0.25) is 5.95 Å². The molecule has 0 amide bonds. The smallest absolute Gasteiger partial charge is 0.222 e. The molecule has 2 fully saturated rings. The largest absolute Gasteiger partial charge is 0.494 e. The van der Waals surface area contributed by atoms with Crippen LogP contribution in [0.2, 0.25) is 0 Å². The number of ether oxygens (including phenoxy) is 3. The second-order valence-corrected chi connectivity index (χ2v) is 7.72. The van der Waals surface area contributed by atoms with Gasteiger partial charge in [-0.3, -0.25) is 4.90 Å². The van der Waals surface area contributed by atoms with Crippen molar-refractivity contribution in [1.29, 1.82) is 0 Å². The molecule has 4 rings (SSSR count). The van der Waals surface area contributed by atoms with Gasteiger partial charge < -0.3 is 19.5 Å². The molecule has 0 saturated carbocycles. The Morgan fingerprint density at radius 3 is 2.97 bits per heavy atom. The van der Waals surface area contributed by atoms with Crippen molar-refractivity contribution in [3.05, 3.63) is 48.3 Å². The van der Waals surface area contributed by atoms with Crippen LogP contribution >= 0.6 is 0 Å². The van der Waals surface area contributed by atoms with E-state index in [2.05, 4.69) is 32.3 Å². The van der Waals surface area contributed by atoms with Gasteiger partial charge in [-0.05, 0) is 31.9 Å². The van der Waals surface area contributed by atoms with Crippen molar-refractivity contribution in [3.8, 4) is 5.75 Å². The average molecular weight is 399 g/mol. The van der Waals surface area contributed by atoms with E-state index in [9.17, 15) is 0 Å². The lowest BCUT2D eigenvalue weighted by molar-refractivity contribution is -0.0827. The van der Waals surface area contributed by atoms with Crippen molar-refractivity contribution < 1.29 is 14.2 Å². The molecule has 2 aliphatic rings. The summed E-state index contributed by atoms with van der Waals surface area (Å²) < 4.78 is 18.3. The molecule has 1 aromatic heterocycles. The van der Waals surface area contributed by atoms with E-state index in [4.69, 9.17) is 14.2 Å². The fourth-order valence-electron chi connectivity index (χ4n) is 4.15. The molecule has 0 bridgehead atoms. The number of anilines is 1. The van der Waals surface area contributed by atoms with E-state index in [0.717, 1.165) is 44.8 Å². The molecule has 7 heteroatoms. The van der Waals surface area contributed by atoms with Gasteiger partial charge in [-0.25, -0.2) is 9.97 Å². The molecule has 0 radical (unpaired) electrons. The Hall–Kier alpha value is -2.22. The maximum Gasteiger partial charge on any atom is 0.222 e. The van der Waals surface area contributed by atoms with Crippen molar-refractivity contribution >= 4 is 5.95 Å². The molecule has 29 heavy (non-hydrogen) atoms. The Kier molecular flexibility index (Phi) is 6.59. The van der Waals surface area contributed by atoms with Gasteiger partial charge in [-0.15, -0.1) is 0 Å². The molecular formula is C22H30N4O3. The summed E-state index contributed by atoms with van der Waals surface area (Å²) in [6, 6.07) is 10.1. The second-order valence-electron chi connectivity index (χ2n) is 7.72. The zero-order valence-corrected chi connectivity index (χ0v) is 17.0.